The number of hydrogen-bond acceptors (Lipinski definition) is 3. The van der Waals surface area contributed by atoms with Crippen LogP contribution in [0.5, 0.6) is 0 Å². The van der Waals surface area contributed by atoms with Crippen LogP contribution in [-0.4, -0.2) is 10.8 Å². The lowest BCUT2D eigenvalue weighted by Gasteiger charge is -1.95. The van der Waals surface area contributed by atoms with Crippen LogP contribution >= 0.6 is 23.4 Å². The first-order chi connectivity index (χ1) is 5.68. The topological polar surface area (TPSA) is 43.1 Å². The van der Waals surface area contributed by atoms with Gasteiger partial charge in [-0.2, -0.15) is 0 Å². The summed E-state index contributed by atoms with van der Waals surface area (Å²) in [5, 5.41) is 10.6. The molecule has 1 aromatic rings. The van der Waals surface area contributed by atoms with Gasteiger partial charge in [0.05, 0.1) is 0 Å². The first-order valence-electron chi connectivity index (χ1n) is 3.18. The minimum atomic E-state index is -0.362. The molecule has 0 N–H and O–H groups in total. The van der Waals surface area contributed by atoms with Crippen molar-refractivity contribution in [3.05, 3.63) is 39.4 Å². The maximum Gasteiger partial charge on any atom is 0.253 e. The first kappa shape index (κ1) is 9.35. The Morgan fingerprint density at radius 1 is 1.42 bits per heavy atom. The Hall–Kier alpha value is -0.740. The van der Waals surface area contributed by atoms with Gasteiger partial charge in [0.15, 0.2) is 0 Å². The number of rotatable bonds is 3. The maximum absolute atomic E-state index is 10.00. The van der Waals surface area contributed by atoms with Gasteiger partial charge < -0.3 is 0 Å². The predicted octanol–water partition coefficient (Wildman–Crippen LogP) is 2.67. The third kappa shape index (κ3) is 3.11. The lowest BCUT2D eigenvalue weighted by molar-refractivity contribution is -0.456. The van der Waals surface area contributed by atoms with Crippen molar-refractivity contribution in [3.8, 4) is 0 Å². The SMILES string of the molecule is O=[N+]([O-])CSc1ccc(Cl)cc1. The molecule has 0 amide bonds. The number of nitro groups is 1. The molecule has 0 atom stereocenters. The second-order valence-electron chi connectivity index (χ2n) is 2.06. The number of hydrogen-bond donors (Lipinski definition) is 0. The van der Waals surface area contributed by atoms with Crippen LogP contribution in [0.3, 0.4) is 0 Å². The summed E-state index contributed by atoms with van der Waals surface area (Å²) in [6.07, 6.45) is 0. The van der Waals surface area contributed by atoms with Crippen molar-refractivity contribution >= 4 is 23.4 Å². The van der Waals surface area contributed by atoms with E-state index in [0.717, 1.165) is 4.90 Å². The predicted molar refractivity (Wildman–Crippen MR) is 49.2 cm³/mol. The lowest BCUT2D eigenvalue weighted by Crippen LogP contribution is -1.94. The number of nitrogens with zero attached hydrogens (tertiary/aromatic N) is 1. The molecule has 5 heteroatoms. The van der Waals surface area contributed by atoms with Gasteiger partial charge in [0.25, 0.3) is 5.88 Å². The fraction of sp³-hybridized carbons (Fsp3) is 0.143. The summed E-state index contributed by atoms with van der Waals surface area (Å²) in [7, 11) is 0. The van der Waals surface area contributed by atoms with Gasteiger partial charge in [-0.1, -0.05) is 23.4 Å². The molecule has 0 aliphatic carbocycles. The van der Waals surface area contributed by atoms with Crippen molar-refractivity contribution in [3.63, 3.8) is 0 Å². The zero-order chi connectivity index (χ0) is 8.97. The summed E-state index contributed by atoms with van der Waals surface area (Å²) in [5.74, 6) is -0.109. The Balaban J connectivity index is 2.53. The van der Waals surface area contributed by atoms with Crippen LogP contribution < -0.4 is 0 Å². The summed E-state index contributed by atoms with van der Waals surface area (Å²) < 4.78 is 0. The molecule has 0 heterocycles. The highest BCUT2D eigenvalue weighted by Gasteiger charge is 1.99. The van der Waals surface area contributed by atoms with Gasteiger partial charge in [-0.3, -0.25) is 10.1 Å². The molecule has 64 valence electrons. The van der Waals surface area contributed by atoms with Crippen molar-refractivity contribution in [2.75, 3.05) is 5.88 Å². The van der Waals surface area contributed by atoms with E-state index in [1.807, 2.05) is 0 Å². The molecular formula is C7H6ClNO2S. The Labute approximate surface area is 78.9 Å². The van der Waals surface area contributed by atoms with Gasteiger partial charge in [0.1, 0.15) is 0 Å². The van der Waals surface area contributed by atoms with Gasteiger partial charge in [-0.25, -0.2) is 0 Å². The molecule has 0 bridgehead atoms. The summed E-state index contributed by atoms with van der Waals surface area (Å²) in [5.41, 5.74) is 0. The Kier molecular flexibility index (Phi) is 3.37. The molecule has 3 nitrogen and oxygen atoms in total. The van der Waals surface area contributed by atoms with Crippen LogP contribution in [0.25, 0.3) is 0 Å². The molecule has 0 unspecified atom stereocenters. The van der Waals surface area contributed by atoms with Crippen molar-refractivity contribution in [1.82, 2.24) is 0 Å². The fourth-order valence-electron chi connectivity index (χ4n) is 0.658. The fourth-order valence-corrected chi connectivity index (χ4v) is 1.37. The Morgan fingerprint density at radius 3 is 2.50 bits per heavy atom. The Morgan fingerprint density at radius 2 is 2.00 bits per heavy atom. The van der Waals surface area contributed by atoms with Crippen LogP contribution in [0.4, 0.5) is 0 Å². The van der Waals surface area contributed by atoms with Gasteiger partial charge in [-0.05, 0) is 24.3 Å². The summed E-state index contributed by atoms with van der Waals surface area (Å²) in [6, 6.07) is 6.95. The van der Waals surface area contributed by atoms with Crippen molar-refractivity contribution < 1.29 is 4.92 Å². The van der Waals surface area contributed by atoms with E-state index in [-0.39, 0.29) is 10.8 Å². The van der Waals surface area contributed by atoms with Crippen molar-refractivity contribution in [2.45, 2.75) is 4.90 Å². The van der Waals surface area contributed by atoms with Gasteiger partial charge >= 0.3 is 0 Å². The second-order valence-corrected chi connectivity index (χ2v) is 3.51. The lowest BCUT2D eigenvalue weighted by atomic mass is 10.4. The van der Waals surface area contributed by atoms with Crippen LogP contribution in [0, 0.1) is 10.1 Å². The molecule has 12 heavy (non-hydrogen) atoms. The van der Waals surface area contributed by atoms with Crippen LogP contribution in [0.1, 0.15) is 0 Å². The largest absolute Gasteiger partial charge is 0.264 e. The van der Waals surface area contributed by atoms with E-state index in [1.54, 1.807) is 24.3 Å². The van der Waals surface area contributed by atoms with E-state index in [4.69, 9.17) is 11.6 Å². The molecule has 0 aliphatic heterocycles. The molecule has 0 aromatic heterocycles. The highest BCUT2D eigenvalue weighted by Crippen LogP contribution is 2.19. The summed E-state index contributed by atoms with van der Waals surface area (Å²) >= 11 is 6.81. The molecule has 0 aliphatic rings. The molecule has 1 aromatic carbocycles. The average Bonchev–Trinajstić information content (AvgIpc) is 2.03. The zero-order valence-corrected chi connectivity index (χ0v) is 7.64. The second kappa shape index (κ2) is 4.33. The van der Waals surface area contributed by atoms with Crippen molar-refractivity contribution in [1.29, 1.82) is 0 Å². The molecule has 0 radical (unpaired) electrons. The third-order valence-electron chi connectivity index (χ3n) is 1.15. The zero-order valence-electron chi connectivity index (χ0n) is 6.07. The monoisotopic (exact) mass is 203 g/mol. The molecule has 0 fully saturated rings. The standard InChI is InChI=1S/C7H6ClNO2S/c8-6-1-3-7(4-2-6)12-5-9(10)11/h1-4H,5H2. The Bertz CT molecular complexity index is 275. The van der Waals surface area contributed by atoms with E-state index >= 15 is 0 Å². The third-order valence-corrected chi connectivity index (χ3v) is 2.35. The maximum atomic E-state index is 10.00. The van der Waals surface area contributed by atoms with Gasteiger partial charge in [0, 0.05) is 14.8 Å². The average molecular weight is 204 g/mol. The van der Waals surface area contributed by atoms with Crippen LogP contribution in [0.2, 0.25) is 5.02 Å². The number of thioether (sulfide) groups is 1. The van der Waals surface area contributed by atoms with Crippen molar-refractivity contribution in [2.24, 2.45) is 0 Å². The smallest absolute Gasteiger partial charge is 0.253 e. The van der Waals surface area contributed by atoms with E-state index in [1.165, 1.54) is 11.8 Å². The minimum absolute atomic E-state index is 0.109. The molecule has 0 spiro atoms. The van der Waals surface area contributed by atoms with Gasteiger partial charge in [-0.15, -0.1) is 0 Å². The quantitative estimate of drug-likeness (QED) is 0.328. The number of benzene rings is 1. The van der Waals surface area contributed by atoms with E-state index < -0.39 is 0 Å². The highest BCUT2D eigenvalue weighted by atomic mass is 35.5. The van der Waals surface area contributed by atoms with E-state index in [9.17, 15) is 10.1 Å². The molecular weight excluding hydrogens is 198 g/mol. The first-order valence-corrected chi connectivity index (χ1v) is 4.55. The van der Waals surface area contributed by atoms with Crippen LogP contribution in [-0.2, 0) is 0 Å². The molecule has 0 saturated heterocycles. The van der Waals surface area contributed by atoms with Gasteiger partial charge in [0.2, 0.25) is 0 Å². The normalized spacial score (nSPS) is 9.75. The van der Waals surface area contributed by atoms with E-state index in [0.29, 0.717) is 5.02 Å². The van der Waals surface area contributed by atoms with E-state index in [2.05, 4.69) is 0 Å². The number of halogens is 1. The molecule has 1 rings (SSSR count). The minimum Gasteiger partial charge on any atom is -0.264 e. The summed E-state index contributed by atoms with van der Waals surface area (Å²) in [6.45, 7) is 0. The highest BCUT2D eigenvalue weighted by molar-refractivity contribution is 7.99. The molecule has 0 saturated carbocycles. The van der Waals surface area contributed by atoms with Crippen LogP contribution in [0.15, 0.2) is 29.2 Å². The summed E-state index contributed by atoms with van der Waals surface area (Å²) in [4.78, 5) is 10.5.